The molecule has 0 bridgehead atoms. The van der Waals surface area contributed by atoms with Crippen LogP contribution >= 0.6 is 0 Å². The molecule has 5 rings (SSSR count). The predicted molar refractivity (Wildman–Crippen MR) is 131 cm³/mol. The number of hydrogen-bond acceptors (Lipinski definition) is 7. The zero-order valence-corrected chi connectivity index (χ0v) is 20.9. The van der Waals surface area contributed by atoms with Gasteiger partial charge in [0, 0.05) is 36.6 Å². The Balaban J connectivity index is 1.65. The van der Waals surface area contributed by atoms with E-state index in [0.29, 0.717) is 34.9 Å². The SMILES string of the molecule is CC(C)NC(=O)c1cn2c(-c3cc4c(c(S(C)(=O)=O)c3)C(=O)N(C(C)C3CC3)C4)cnc2c(N)n1. The Morgan fingerprint density at radius 2 is 1.94 bits per heavy atom. The summed E-state index contributed by atoms with van der Waals surface area (Å²) in [5.41, 5.74) is 8.57. The zero-order valence-electron chi connectivity index (χ0n) is 20.1. The summed E-state index contributed by atoms with van der Waals surface area (Å²) in [6.07, 6.45) is 6.36. The number of fused-ring (bicyclic) bond motifs is 2. The minimum Gasteiger partial charge on any atom is -0.381 e. The van der Waals surface area contributed by atoms with Gasteiger partial charge in [0.15, 0.2) is 21.3 Å². The van der Waals surface area contributed by atoms with Gasteiger partial charge in [0.2, 0.25) is 0 Å². The normalized spacial score (nSPS) is 16.7. The van der Waals surface area contributed by atoms with E-state index in [0.717, 1.165) is 19.1 Å². The minimum absolute atomic E-state index is 0.00440. The maximum absolute atomic E-state index is 13.3. The number of rotatable bonds is 6. The molecule has 2 aromatic heterocycles. The number of carbonyl (C=O) groups is 2. The quantitative estimate of drug-likeness (QED) is 0.533. The van der Waals surface area contributed by atoms with Crippen molar-refractivity contribution in [3.8, 4) is 11.3 Å². The summed E-state index contributed by atoms with van der Waals surface area (Å²) in [5.74, 6) is -0.0873. The van der Waals surface area contributed by atoms with Crippen LogP contribution < -0.4 is 11.1 Å². The molecule has 3 aromatic rings. The van der Waals surface area contributed by atoms with E-state index in [1.807, 2.05) is 26.8 Å². The summed E-state index contributed by atoms with van der Waals surface area (Å²) >= 11 is 0. The second-order valence-electron chi connectivity index (χ2n) is 9.77. The van der Waals surface area contributed by atoms with Crippen LogP contribution in [0, 0.1) is 5.92 Å². The second-order valence-corrected chi connectivity index (χ2v) is 11.8. The molecule has 10 nitrogen and oxygen atoms in total. The predicted octanol–water partition coefficient (Wildman–Crippen LogP) is 2.27. The van der Waals surface area contributed by atoms with Crippen LogP contribution in [-0.2, 0) is 16.4 Å². The molecule has 2 amide bonds. The largest absolute Gasteiger partial charge is 0.381 e. The number of nitrogen functional groups attached to an aromatic ring is 1. The lowest BCUT2D eigenvalue weighted by Crippen LogP contribution is -2.35. The first-order chi connectivity index (χ1) is 16.5. The average Bonchev–Trinajstić information content (AvgIpc) is 3.45. The smallest absolute Gasteiger partial charge is 0.271 e. The summed E-state index contributed by atoms with van der Waals surface area (Å²) < 4.78 is 27.2. The third-order valence-electron chi connectivity index (χ3n) is 6.66. The maximum atomic E-state index is 13.3. The van der Waals surface area contributed by atoms with Crippen LogP contribution in [0.1, 0.15) is 60.0 Å². The molecule has 1 unspecified atom stereocenters. The topological polar surface area (TPSA) is 140 Å². The first kappa shape index (κ1) is 23.3. The Labute approximate surface area is 203 Å². The molecule has 1 aromatic carbocycles. The van der Waals surface area contributed by atoms with Crippen molar-refractivity contribution in [2.24, 2.45) is 5.92 Å². The fourth-order valence-electron chi connectivity index (χ4n) is 4.71. The number of nitrogens with one attached hydrogen (secondary N) is 1. The van der Waals surface area contributed by atoms with Crippen molar-refractivity contribution in [3.63, 3.8) is 0 Å². The molecule has 1 atom stereocenters. The van der Waals surface area contributed by atoms with Gasteiger partial charge in [-0.1, -0.05) is 0 Å². The number of nitrogens with zero attached hydrogens (tertiary/aromatic N) is 4. The highest BCUT2D eigenvalue weighted by molar-refractivity contribution is 7.90. The zero-order chi connectivity index (χ0) is 25.2. The van der Waals surface area contributed by atoms with Gasteiger partial charge in [-0.05, 0) is 57.2 Å². The number of anilines is 1. The van der Waals surface area contributed by atoms with E-state index in [2.05, 4.69) is 15.3 Å². The van der Waals surface area contributed by atoms with Crippen molar-refractivity contribution in [2.45, 2.75) is 57.1 Å². The molecule has 35 heavy (non-hydrogen) atoms. The lowest BCUT2D eigenvalue weighted by atomic mass is 10.0. The van der Waals surface area contributed by atoms with Gasteiger partial charge in [0.1, 0.15) is 5.69 Å². The van der Waals surface area contributed by atoms with Crippen molar-refractivity contribution in [1.29, 1.82) is 0 Å². The maximum Gasteiger partial charge on any atom is 0.271 e. The van der Waals surface area contributed by atoms with E-state index in [4.69, 9.17) is 5.73 Å². The third-order valence-corrected chi connectivity index (χ3v) is 7.78. The number of imidazole rings is 1. The van der Waals surface area contributed by atoms with Crippen LogP contribution in [0.15, 0.2) is 29.4 Å². The molecule has 1 aliphatic heterocycles. The monoisotopic (exact) mass is 496 g/mol. The molecule has 1 fully saturated rings. The Kier molecular flexibility index (Phi) is 5.35. The highest BCUT2D eigenvalue weighted by Gasteiger charge is 2.41. The van der Waals surface area contributed by atoms with Gasteiger partial charge >= 0.3 is 0 Å². The molecule has 0 saturated heterocycles. The van der Waals surface area contributed by atoms with Crippen molar-refractivity contribution < 1.29 is 18.0 Å². The third kappa shape index (κ3) is 4.03. The standard InChI is InChI=1S/C24H28N6O4S/c1-12(2)27-23(31)17-11-30-18(9-26-22(30)21(25)28-17)15-7-16-10-29(13(3)14-5-6-14)24(32)20(16)19(8-15)35(4,33)34/h7-9,11-14H,5-6,10H2,1-4H3,(H2,25,28)(H,27,31). The van der Waals surface area contributed by atoms with Gasteiger partial charge in [-0.3, -0.25) is 14.0 Å². The molecule has 3 heterocycles. The minimum atomic E-state index is -3.70. The summed E-state index contributed by atoms with van der Waals surface area (Å²) in [5, 5.41) is 2.79. The van der Waals surface area contributed by atoms with Crippen LogP contribution in [0.3, 0.4) is 0 Å². The summed E-state index contributed by atoms with van der Waals surface area (Å²) in [6.45, 7) is 6.06. The Hall–Kier alpha value is -3.47. The summed E-state index contributed by atoms with van der Waals surface area (Å²) in [7, 11) is -3.70. The second kappa shape index (κ2) is 8.04. The highest BCUT2D eigenvalue weighted by atomic mass is 32.2. The fraction of sp³-hybridized carbons (Fsp3) is 0.417. The first-order valence-electron chi connectivity index (χ1n) is 11.6. The fourth-order valence-corrected chi connectivity index (χ4v) is 5.64. The van der Waals surface area contributed by atoms with Gasteiger partial charge in [0.25, 0.3) is 11.8 Å². The van der Waals surface area contributed by atoms with Crippen molar-refractivity contribution in [3.05, 3.63) is 41.3 Å². The van der Waals surface area contributed by atoms with Gasteiger partial charge < -0.3 is 16.0 Å². The molecule has 3 N–H and O–H groups in total. The van der Waals surface area contributed by atoms with E-state index < -0.39 is 9.84 Å². The van der Waals surface area contributed by atoms with E-state index in [9.17, 15) is 18.0 Å². The van der Waals surface area contributed by atoms with Gasteiger partial charge in [-0.15, -0.1) is 0 Å². The molecule has 1 aliphatic carbocycles. The number of nitrogens with two attached hydrogens (primary N) is 1. The molecular formula is C24H28N6O4S. The van der Waals surface area contributed by atoms with E-state index in [1.165, 1.54) is 12.3 Å². The number of carbonyl (C=O) groups excluding carboxylic acids is 2. The van der Waals surface area contributed by atoms with Crippen LogP contribution in [-0.4, -0.2) is 57.8 Å². The number of benzene rings is 1. The van der Waals surface area contributed by atoms with Gasteiger partial charge in [-0.2, -0.15) is 0 Å². The first-order valence-corrected chi connectivity index (χ1v) is 13.5. The number of sulfone groups is 1. The molecule has 0 spiro atoms. The molecule has 0 radical (unpaired) electrons. The van der Waals surface area contributed by atoms with E-state index in [1.54, 1.807) is 15.5 Å². The molecule has 2 aliphatic rings. The van der Waals surface area contributed by atoms with Crippen LogP contribution in [0.2, 0.25) is 0 Å². The number of aromatic nitrogens is 3. The van der Waals surface area contributed by atoms with E-state index in [-0.39, 0.29) is 45.9 Å². The van der Waals surface area contributed by atoms with Gasteiger partial charge in [-0.25, -0.2) is 18.4 Å². The Morgan fingerprint density at radius 1 is 1.23 bits per heavy atom. The van der Waals surface area contributed by atoms with Crippen LogP contribution in [0.4, 0.5) is 5.82 Å². The summed E-state index contributed by atoms with van der Waals surface area (Å²) in [6, 6.07) is 3.30. The Morgan fingerprint density at radius 3 is 2.57 bits per heavy atom. The van der Waals surface area contributed by atoms with Crippen molar-refractivity contribution in [1.82, 2.24) is 24.6 Å². The number of amides is 2. The van der Waals surface area contributed by atoms with Crippen LogP contribution in [0.25, 0.3) is 16.9 Å². The van der Waals surface area contributed by atoms with Crippen molar-refractivity contribution >= 4 is 33.1 Å². The number of hydrogen-bond donors (Lipinski definition) is 2. The van der Waals surface area contributed by atoms with Gasteiger partial charge in [0.05, 0.1) is 22.3 Å². The van der Waals surface area contributed by atoms with E-state index >= 15 is 0 Å². The molecule has 184 valence electrons. The Bertz CT molecular complexity index is 1490. The molecule has 11 heteroatoms. The highest BCUT2D eigenvalue weighted by Crippen LogP contribution is 2.41. The average molecular weight is 497 g/mol. The van der Waals surface area contributed by atoms with Crippen LogP contribution in [0.5, 0.6) is 0 Å². The lowest BCUT2D eigenvalue weighted by Gasteiger charge is -2.24. The van der Waals surface area contributed by atoms with Crippen molar-refractivity contribution in [2.75, 3.05) is 12.0 Å². The molecule has 1 saturated carbocycles. The summed E-state index contributed by atoms with van der Waals surface area (Å²) in [4.78, 5) is 36.1. The molecular weight excluding hydrogens is 468 g/mol. The lowest BCUT2D eigenvalue weighted by molar-refractivity contribution is 0.0694.